The van der Waals surface area contributed by atoms with E-state index in [-0.39, 0.29) is 5.92 Å². The summed E-state index contributed by atoms with van der Waals surface area (Å²) >= 11 is 0. The van der Waals surface area contributed by atoms with Crippen molar-refractivity contribution in [1.29, 1.82) is 0 Å². The third kappa shape index (κ3) is 6.33. The van der Waals surface area contributed by atoms with Gasteiger partial charge in [0.15, 0.2) is 23.2 Å². The molecular formula is C26H35F3O2. The van der Waals surface area contributed by atoms with Gasteiger partial charge in [-0.25, -0.2) is 13.2 Å². The Labute approximate surface area is 184 Å². The predicted molar refractivity (Wildman–Crippen MR) is 120 cm³/mol. The second-order valence-corrected chi connectivity index (χ2v) is 8.06. The second kappa shape index (κ2) is 12.3. The lowest BCUT2D eigenvalue weighted by Crippen LogP contribution is -2.40. The number of methoxy groups -OCH3 is 2. The Morgan fingerprint density at radius 1 is 0.774 bits per heavy atom. The largest absolute Gasteiger partial charge is 0.353 e. The highest BCUT2D eigenvalue weighted by molar-refractivity contribution is 5.64. The van der Waals surface area contributed by atoms with Crippen molar-refractivity contribution >= 4 is 0 Å². The molecule has 0 aliphatic rings. The van der Waals surface area contributed by atoms with E-state index in [4.69, 9.17) is 9.47 Å². The molecule has 0 fully saturated rings. The lowest BCUT2D eigenvalue weighted by Gasteiger charge is -2.38. The summed E-state index contributed by atoms with van der Waals surface area (Å²) in [5.41, 5.74) is 1.97. The van der Waals surface area contributed by atoms with Crippen LogP contribution in [-0.4, -0.2) is 20.0 Å². The van der Waals surface area contributed by atoms with Gasteiger partial charge in [-0.3, -0.25) is 0 Å². The minimum Gasteiger partial charge on any atom is -0.353 e. The normalized spacial score (nSPS) is 12.9. The molecule has 0 spiro atoms. The Balaban J connectivity index is 2.25. The van der Waals surface area contributed by atoms with Crippen molar-refractivity contribution in [3.05, 3.63) is 59.4 Å². The average Bonchev–Trinajstić information content (AvgIpc) is 2.79. The highest BCUT2D eigenvalue weighted by atomic mass is 19.2. The molecule has 0 radical (unpaired) electrons. The van der Waals surface area contributed by atoms with Crippen LogP contribution in [0, 0.1) is 17.5 Å². The number of unbranched alkanes of at least 4 members (excludes halogenated alkanes) is 5. The fraction of sp³-hybridized carbons (Fsp3) is 0.538. The first kappa shape index (κ1) is 25.4. The van der Waals surface area contributed by atoms with E-state index in [2.05, 4.69) is 6.92 Å². The Hall–Kier alpha value is -1.85. The van der Waals surface area contributed by atoms with Crippen LogP contribution in [-0.2, 0) is 9.47 Å². The Morgan fingerprint density at radius 3 is 1.84 bits per heavy atom. The molecule has 0 saturated heterocycles. The number of benzene rings is 2. The lowest BCUT2D eigenvalue weighted by atomic mass is 9.83. The van der Waals surface area contributed by atoms with Gasteiger partial charge in [0, 0.05) is 20.1 Å². The molecule has 0 aromatic heterocycles. The monoisotopic (exact) mass is 436 g/mol. The van der Waals surface area contributed by atoms with Crippen molar-refractivity contribution in [1.82, 2.24) is 0 Å². The minimum absolute atomic E-state index is 0.0226. The van der Waals surface area contributed by atoms with Crippen LogP contribution in [0.15, 0.2) is 36.4 Å². The van der Waals surface area contributed by atoms with E-state index in [0.29, 0.717) is 17.5 Å². The molecule has 1 unspecified atom stereocenters. The molecule has 172 valence electrons. The average molecular weight is 437 g/mol. The van der Waals surface area contributed by atoms with Crippen molar-refractivity contribution < 1.29 is 22.6 Å². The van der Waals surface area contributed by atoms with Gasteiger partial charge in [0.25, 0.3) is 0 Å². The number of hydrogen-bond acceptors (Lipinski definition) is 2. The summed E-state index contributed by atoms with van der Waals surface area (Å²) in [5, 5.41) is 0. The second-order valence-electron chi connectivity index (χ2n) is 8.06. The van der Waals surface area contributed by atoms with Crippen LogP contribution in [0.5, 0.6) is 0 Å². The Morgan fingerprint density at radius 2 is 1.32 bits per heavy atom. The minimum atomic E-state index is -1.45. The topological polar surface area (TPSA) is 18.5 Å². The van der Waals surface area contributed by atoms with Gasteiger partial charge in [-0.05, 0) is 41.7 Å². The first-order valence-corrected chi connectivity index (χ1v) is 11.3. The van der Waals surface area contributed by atoms with Gasteiger partial charge < -0.3 is 9.47 Å². The Kier molecular flexibility index (Phi) is 10.0. The molecule has 1 atom stereocenters. The third-order valence-corrected chi connectivity index (χ3v) is 6.19. The third-order valence-electron chi connectivity index (χ3n) is 6.19. The molecule has 5 heteroatoms. The van der Waals surface area contributed by atoms with Crippen molar-refractivity contribution in [2.75, 3.05) is 14.2 Å². The number of hydrogen-bond donors (Lipinski definition) is 0. The van der Waals surface area contributed by atoms with Crippen LogP contribution in [0.4, 0.5) is 13.2 Å². The van der Waals surface area contributed by atoms with E-state index in [1.165, 1.54) is 25.7 Å². The summed E-state index contributed by atoms with van der Waals surface area (Å²) < 4.78 is 52.2. The smallest absolute Gasteiger partial charge is 0.194 e. The van der Waals surface area contributed by atoms with Gasteiger partial charge in [0.2, 0.25) is 0 Å². The van der Waals surface area contributed by atoms with Crippen molar-refractivity contribution in [3.63, 3.8) is 0 Å². The molecule has 0 heterocycles. The van der Waals surface area contributed by atoms with Crippen LogP contribution < -0.4 is 0 Å². The van der Waals surface area contributed by atoms with Gasteiger partial charge >= 0.3 is 0 Å². The maximum Gasteiger partial charge on any atom is 0.194 e. The molecule has 0 amide bonds. The summed E-state index contributed by atoms with van der Waals surface area (Å²) in [6.07, 6.45) is 8.81. The van der Waals surface area contributed by atoms with Gasteiger partial charge in [0.1, 0.15) is 0 Å². The van der Waals surface area contributed by atoms with Gasteiger partial charge in [0.05, 0.1) is 0 Å². The van der Waals surface area contributed by atoms with Crippen LogP contribution in [0.2, 0.25) is 0 Å². The van der Waals surface area contributed by atoms with E-state index in [1.807, 2.05) is 19.1 Å². The van der Waals surface area contributed by atoms with Crippen molar-refractivity contribution in [3.8, 4) is 11.1 Å². The summed E-state index contributed by atoms with van der Waals surface area (Å²) in [7, 11) is 3.33. The predicted octanol–water partition coefficient (Wildman–Crippen LogP) is 8.00. The van der Waals surface area contributed by atoms with Gasteiger partial charge in [-0.1, -0.05) is 76.6 Å². The molecule has 0 bridgehead atoms. The highest BCUT2D eigenvalue weighted by Crippen LogP contribution is 2.39. The first-order chi connectivity index (χ1) is 14.9. The highest BCUT2D eigenvalue weighted by Gasteiger charge is 2.38. The number of halogens is 3. The van der Waals surface area contributed by atoms with Crippen molar-refractivity contribution in [2.24, 2.45) is 0 Å². The number of ether oxygens (including phenoxy) is 2. The van der Waals surface area contributed by atoms with E-state index < -0.39 is 23.2 Å². The van der Waals surface area contributed by atoms with Crippen LogP contribution in [0.25, 0.3) is 11.1 Å². The fourth-order valence-corrected chi connectivity index (χ4v) is 4.30. The molecule has 0 saturated carbocycles. The maximum atomic E-state index is 13.6. The Bertz CT molecular complexity index is 770. The van der Waals surface area contributed by atoms with E-state index in [9.17, 15) is 13.2 Å². The van der Waals surface area contributed by atoms with Crippen molar-refractivity contribution in [2.45, 2.75) is 76.9 Å². The lowest BCUT2D eigenvalue weighted by molar-refractivity contribution is -0.225. The number of rotatable bonds is 13. The molecule has 2 aromatic rings. The first-order valence-electron chi connectivity index (χ1n) is 11.3. The quantitative estimate of drug-likeness (QED) is 0.180. The maximum absolute atomic E-state index is 13.6. The zero-order valence-electron chi connectivity index (χ0n) is 19.1. The summed E-state index contributed by atoms with van der Waals surface area (Å²) in [5.74, 6) is -4.55. The summed E-state index contributed by atoms with van der Waals surface area (Å²) in [4.78, 5) is 0. The van der Waals surface area contributed by atoms with Gasteiger partial charge in [-0.2, -0.15) is 0 Å². The van der Waals surface area contributed by atoms with E-state index >= 15 is 0 Å². The molecule has 2 rings (SSSR count). The molecule has 0 aliphatic heterocycles. The van der Waals surface area contributed by atoms with Gasteiger partial charge in [-0.15, -0.1) is 0 Å². The zero-order chi connectivity index (χ0) is 22.9. The molecular weight excluding hydrogens is 401 g/mol. The molecule has 0 N–H and O–H groups in total. The van der Waals surface area contributed by atoms with E-state index in [1.54, 1.807) is 26.4 Å². The van der Waals surface area contributed by atoms with Crippen LogP contribution >= 0.6 is 0 Å². The van der Waals surface area contributed by atoms with Crippen LogP contribution in [0.1, 0.15) is 76.7 Å². The summed E-state index contributed by atoms with van der Waals surface area (Å²) in [6, 6.07) is 9.53. The SMILES string of the molecule is CCCCCCCCC(c1ccc(-c2cc(F)c(F)c(F)c2)cc1)C(CC)(OC)OC. The van der Waals surface area contributed by atoms with E-state index in [0.717, 1.165) is 37.0 Å². The standard InChI is InChI=1S/C26H35F3O2/c1-5-7-8-9-10-11-12-22(26(6-2,30-3)31-4)20-15-13-19(14-16-20)21-17-23(27)25(29)24(28)18-21/h13-18,22H,5-12H2,1-4H3. The van der Waals surface area contributed by atoms with Crippen LogP contribution in [0.3, 0.4) is 0 Å². The summed E-state index contributed by atoms with van der Waals surface area (Å²) in [6.45, 7) is 4.25. The zero-order valence-corrected chi connectivity index (χ0v) is 19.1. The molecule has 0 aliphatic carbocycles. The molecule has 2 aromatic carbocycles. The molecule has 31 heavy (non-hydrogen) atoms. The molecule has 2 nitrogen and oxygen atoms in total. The fourth-order valence-electron chi connectivity index (χ4n) is 4.30.